The molecule has 1 amide bonds. The van der Waals surface area contributed by atoms with Crippen molar-refractivity contribution in [1.29, 1.82) is 0 Å². The smallest absolute Gasteiger partial charge is 0.246 e. The van der Waals surface area contributed by atoms with Gasteiger partial charge in [-0.2, -0.15) is 5.10 Å². The van der Waals surface area contributed by atoms with Crippen molar-refractivity contribution >= 4 is 41.5 Å². The fourth-order valence-corrected chi connectivity index (χ4v) is 2.67. The number of aromatic nitrogens is 2. The summed E-state index contributed by atoms with van der Waals surface area (Å²) in [6.45, 7) is 9.95. The van der Waals surface area contributed by atoms with Crippen molar-refractivity contribution in [3.05, 3.63) is 12.4 Å². The van der Waals surface area contributed by atoms with E-state index in [1.54, 1.807) is 15.8 Å². The Balaban J connectivity index is 0.00000338. The summed E-state index contributed by atoms with van der Waals surface area (Å²) in [7, 11) is 1.85. The van der Waals surface area contributed by atoms with Crippen LogP contribution in [-0.2, 0) is 16.6 Å². The Labute approximate surface area is 173 Å². The van der Waals surface area contributed by atoms with Crippen LogP contribution in [0.2, 0.25) is 0 Å². The average Bonchev–Trinajstić information content (AvgIpc) is 2.99. The lowest BCUT2D eigenvalue weighted by Crippen LogP contribution is -2.55. The maximum absolute atomic E-state index is 12.5. The number of ether oxygens (including phenoxy) is 1. The minimum Gasteiger partial charge on any atom is -0.379 e. The molecule has 1 N–H and O–H groups in total. The number of nitrogens with one attached hydrogen (secondary N) is 1. The molecule has 8 nitrogen and oxygen atoms in total. The van der Waals surface area contributed by atoms with Gasteiger partial charge in [-0.3, -0.25) is 14.5 Å². The van der Waals surface area contributed by atoms with E-state index in [0.717, 1.165) is 31.2 Å². The summed E-state index contributed by atoms with van der Waals surface area (Å²) in [5.41, 5.74) is 0.847. The zero-order valence-electron chi connectivity index (χ0n) is 16.1. The first-order valence-electron chi connectivity index (χ1n) is 8.95. The van der Waals surface area contributed by atoms with Crippen molar-refractivity contribution < 1.29 is 9.53 Å². The van der Waals surface area contributed by atoms with Crippen molar-refractivity contribution in [3.63, 3.8) is 0 Å². The van der Waals surface area contributed by atoms with Gasteiger partial charge < -0.3 is 19.9 Å². The number of anilines is 1. The van der Waals surface area contributed by atoms with Gasteiger partial charge in [-0.25, -0.2) is 0 Å². The van der Waals surface area contributed by atoms with Crippen LogP contribution in [0.4, 0.5) is 5.69 Å². The molecule has 26 heavy (non-hydrogen) atoms. The van der Waals surface area contributed by atoms with Gasteiger partial charge in [0.2, 0.25) is 5.91 Å². The van der Waals surface area contributed by atoms with E-state index in [4.69, 9.17) is 4.74 Å². The summed E-state index contributed by atoms with van der Waals surface area (Å²) < 4.78 is 7.25. The summed E-state index contributed by atoms with van der Waals surface area (Å²) in [6.07, 6.45) is 4.70. The molecule has 2 heterocycles. The van der Waals surface area contributed by atoms with Crippen LogP contribution >= 0.6 is 24.0 Å². The predicted octanol–water partition coefficient (Wildman–Crippen LogP) is 1.47. The number of carbonyl (C=O) groups excluding carboxylic acids is 1. The second-order valence-corrected chi connectivity index (χ2v) is 6.35. The lowest BCUT2D eigenvalue weighted by atomic mass is 10.3. The Kier molecular flexibility index (Phi) is 9.92. The van der Waals surface area contributed by atoms with E-state index in [0.29, 0.717) is 26.2 Å². The van der Waals surface area contributed by atoms with Crippen LogP contribution in [0.5, 0.6) is 0 Å². The van der Waals surface area contributed by atoms with Gasteiger partial charge in [0.15, 0.2) is 5.96 Å². The second-order valence-electron chi connectivity index (χ2n) is 6.35. The zero-order valence-corrected chi connectivity index (χ0v) is 18.5. The van der Waals surface area contributed by atoms with Crippen LogP contribution in [-0.4, -0.2) is 72.0 Å². The Bertz CT molecular complexity index is 590. The van der Waals surface area contributed by atoms with E-state index in [9.17, 15) is 4.79 Å². The number of hydrogen-bond donors (Lipinski definition) is 1. The molecule has 0 aromatic carbocycles. The number of guanidine groups is 1. The fourth-order valence-electron chi connectivity index (χ4n) is 2.67. The second kappa shape index (κ2) is 11.4. The minimum absolute atomic E-state index is 0. The van der Waals surface area contributed by atoms with Gasteiger partial charge in [0, 0.05) is 46.0 Å². The molecule has 0 saturated carbocycles. The van der Waals surface area contributed by atoms with Crippen molar-refractivity contribution in [2.24, 2.45) is 12.0 Å². The fraction of sp³-hybridized carbons (Fsp3) is 0.706. The molecule has 0 atom stereocenters. The van der Waals surface area contributed by atoms with Gasteiger partial charge in [0.25, 0.3) is 0 Å². The predicted molar refractivity (Wildman–Crippen MR) is 114 cm³/mol. The highest BCUT2D eigenvalue weighted by Crippen LogP contribution is 2.16. The zero-order chi connectivity index (χ0) is 18.2. The Hall–Kier alpha value is -1.36. The third-order valence-electron chi connectivity index (χ3n) is 3.87. The summed E-state index contributed by atoms with van der Waals surface area (Å²) in [5, 5.41) is 7.42. The van der Waals surface area contributed by atoms with Gasteiger partial charge in [-0.1, -0.05) is 0 Å². The molecule has 148 valence electrons. The first kappa shape index (κ1) is 22.7. The number of carbonyl (C=O) groups is 1. The van der Waals surface area contributed by atoms with Crippen molar-refractivity contribution in [2.45, 2.75) is 33.3 Å². The lowest BCUT2D eigenvalue weighted by molar-refractivity contribution is -0.120. The molecule has 1 saturated heterocycles. The summed E-state index contributed by atoms with van der Waals surface area (Å²) in [5.74, 6) is 0.860. The maximum atomic E-state index is 12.5. The topological polar surface area (TPSA) is 75.0 Å². The third-order valence-corrected chi connectivity index (χ3v) is 3.87. The molecule has 1 aromatic heterocycles. The maximum Gasteiger partial charge on any atom is 0.246 e. The monoisotopic (exact) mass is 478 g/mol. The van der Waals surface area contributed by atoms with Crippen molar-refractivity contribution in [1.82, 2.24) is 20.0 Å². The highest BCUT2D eigenvalue weighted by Gasteiger charge is 2.27. The van der Waals surface area contributed by atoms with Gasteiger partial charge in [0.05, 0.1) is 18.0 Å². The number of rotatable bonds is 7. The highest BCUT2D eigenvalue weighted by atomic mass is 127. The van der Waals surface area contributed by atoms with E-state index in [2.05, 4.69) is 15.4 Å². The number of nitrogens with zero attached hydrogens (tertiary/aromatic N) is 5. The van der Waals surface area contributed by atoms with E-state index in [1.807, 2.05) is 38.9 Å². The van der Waals surface area contributed by atoms with Crippen molar-refractivity contribution in [2.75, 3.05) is 44.2 Å². The molecule has 0 unspecified atom stereocenters. The summed E-state index contributed by atoms with van der Waals surface area (Å²) in [6, 6.07) is 0. The summed E-state index contributed by atoms with van der Waals surface area (Å²) >= 11 is 0. The molecule has 0 bridgehead atoms. The van der Waals surface area contributed by atoms with Crippen molar-refractivity contribution in [3.8, 4) is 0 Å². The molecule has 1 fully saturated rings. The van der Waals surface area contributed by atoms with Gasteiger partial charge in [0.1, 0.15) is 6.54 Å². The van der Waals surface area contributed by atoms with Crippen LogP contribution in [0.3, 0.4) is 0 Å². The number of halogens is 1. The van der Waals surface area contributed by atoms with Crippen LogP contribution in [0.1, 0.15) is 27.2 Å². The molecule has 1 aliphatic heterocycles. The van der Waals surface area contributed by atoms with E-state index in [-0.39, 0.29) is 36.0 Å². The van der Waals surface area contributed by atoms with E-state index < -0.39 is 0 Å². The molecule has 0 radical (unpaired) electrons. The number of aliphatic imine (C=N–C) groups is 1. The van der Waals surface area contributed by atoms with Crippen LogP contribution in [0, 0.1) is 0 Å². The third kappa shape index (κ3) is 6.75. The molecule has 1 aromatic rings. The molecular weight excluding hydrogens is 447 g/mol. The Morgan fingerprint density at radius 2 is 2.19 bits per heavy atom. The van der Waals surface area contributed by atoms with Gasteiger partial charge in [-0.05, 0) is 27.2 Å². The molecule has 9 heteroatoms. The van der Waals surface area contributed by atoms with Crippen LogP contribution < -0.4 is 10.2 Å². The van der Waals surface area contributed by atoms with Crippen LogP contribution in [0.25, 0.3) is 0 Å². The van der Waals surface area contributed by atoms with Crippen LogP contribution in [0.15, 0.2) is 17.4 Å². The molecule has 2 rings (SSSR count). The molecule has 1 aliphatic rings. The Morgan fingerprint density at radius 1 is 1.42 bits per heavy atom. The first-order chi connectivity index (χ1) is 12.0. The molecule has 0 aliphatic carbocycles. The standard InChI is InChI=1S/C17H30N6O2.HI/c1-5-18-17(19-7-6-10-25-14(2)3)22-8-9-23(16(24)13-22)15-11-20-21(4)12-15;/h11-12,14H,5-10,13H2,1-4H3,(H,18,19);1H. The SMILES string of the molecule is CCNC(=NCCCOC(C)C)N1CCN(c2cnn(C)c2)C(=O)C1.I. The summed E-state index contributed by atoms with van der Waals surface area (Å²) in [4.78, 5) is 21.0. The van der Waals surface area contributed by atoms with Gasteiger partial charge in [-0.15, -0.1) is 24.0 Å². The number of amides is 1. The highest BCUT2D eigenvalue weighted by molar-refractivity contribution is 14.0. The number of hydrogen-bond acceptors (Lipinski definition) is 4. The van der Waals surface area contributed by atoms with Gasteiger partial charge >= 0.3 is 0 Å². The number of piperazine rings is 1. The molecular formula is C17H31IN6O2. The van der Waals surface area contributed by atoms with E-state index in [1.165, 1.54) is 0 Å². The normalized spacial score (nSPS) is 15.4. The lowest BCUT2D eigenvalue weighted by Gasteiger charge is -2.35. The first-order valence-corrected chi connectivity index (χ1v) is 8.95. The molecule has 0 spiro atoms. The number of aryl methyl sites for hydroxylation is 1. The Morgan fingerprint density at radius 3 is 2.77 bits per heavy atom. The minimum atomic E-state index is 0. The van der Waals surface area contributed by atoms with E-state index >= 15 is 0 Å². The average molecular weight is 478 g/mol. The largest absolute Gasteiger partial charge is 0.379 e. The quantitative estimate of drug-likeness (QED) is 0.278.